The molecule has 21 heavy (non-hydrogen) atoms. The topological polar surface area (TPSA) is 59.2 Å². The largest absolute Gasteiger partial charge is 0.508 e. The maximum Gasteiger partial charge on any atom is 0.237 e. The summed E-state index contributed by atoms with van der Waals surface area (Å²) < 4.78 is 5.25. The molecule has 2 aromatic carbocycles. The van der Waals surface area contributed by atoms with Crippen molar-refractivity contribution in [2.45, 2.75) is 17.1 Å². The fourth-order valence-corrected chi connectivity index (χ4v) is 2.62. The van der Waals surface area contributed by atoms with Crippen LogP contribution in [0.25, 0.3) is 0 Å². The van der Waals surface area contributed by atoms with Crippen LogP contribution in [0.2, 0.25) is 0 Å². The number of rotatable bonds is 5. The highest BCUT2D eigenvalue weighted by molar-refractivity contribution is 7.98. The third-order valence-electron chi connectivity index (χ3n) is 2.91. The SMILES string of the molecule is Oc1ccc(SCc2nc(Cc3ccccc3)no2)cc1. The molecule has 5 heteroatoms. The second-order valence-electron chi connectivity index (χ2n) is 4.55. The van der Waals surface area contributed by atoms with Gasteiger partial charge in [0, 0.05) is 11.3 Å². The number of hydrogen-bond donors (Lipinski definition) is 1. The molecule has 1 aromatic heterocycles. The number of phenols is 1. The van der Waals surface area contributed by atoms with Crippen LogP contribution in [0, 0.1) is 0 Å². The Bertz CT molecular complexity index is 696. The Morgan fingerprint density at radius 1 is 1.00 bits per heavy atom. The van der Waals surface area contributed by atoms with E-state index in [1.54, 1.807) is 23.9 Å². The Morgan fingerprint density at radius 3 is 2.52 bits per heavy atom. The van der Waals surface area contributed by atoms with Crippen LogP contribution in [0.5, 0.6) is 5.75 Å². The van der Waals surface area contributed by atoms with E-state index in [1.807, 2.05) is 42.5 Å². The van der Waals surface area contributed by atoms with E-state index < -0.39 is 0 Å². The molecule has 0 bridgehead atoms. The molecule has 0 unspecified atom stereocenters. The van der Waals surface area contributed by atoms with E-state index in [4.69, 9.17) is 4.52 Å². The van der Waals surface area contributed by atoms with Gasteiger partial charge in [0.15, 0.2) is 5.82 Å². The summed E-state index contributed by atoms with van der Waals surface area (Å²) in [4.78, 5) is 5.44. The highest BCUT2D eigenvalue weighted by Crippen LogP contribution is 2.24. The van der Waals surface area contributed by atoms with Crippen LogP contribution in [-0.2, 0) is 12.2 Å². The Hall–Kier alpha value is -2.27. The zero-order chi connectivity index (χ0) is 14.5. The first-order chi connectivity index (χ1) is 10.3. The molecule has 1 N–H and O–H groups in total. The summed E-state index contributed by atoms with van der Waals surface area (Å²) >= 11 is 1.59. The van der Waals surface area contributed by atoms with Crippen LogP contribution in [0.3, 0.4) is 0 Å². The van der Waals surface area contributed by atoms with E-state index in [0.717, 1.165) is 10.5 Å². The minimum Gasteiger partial charge on any atom is -0.508 e. The van der Waals surface area contributed by atoms with Crippen LogP contribution >= 0.6 is 11.8 Å². The number of benzene rings is 2. The molecular formula is C16H14N2O2S. The van der Waals surface area contributed by atoms with Crippen molar-refractivity contribution in [1.82, 2.24) is 10.1 Å². The van der Waals surface area contributed by atoms with Gasteiger partial charge in [-0.1, -0.05) is 35.5 Å². The number of aromatic hydroxyl groups is 1. The molecule has 0 saturated heterocycles. The third-order valence-corrected chi connectivity index (χ3v) is 3.91. The fraction of sp³-hybridized carbons (Fsp3) is 0.125. The van der Waals surface area contributed by atoms with E-state index in [0.29, 0.717) is 23.9 Å². The van der Waals surface area contributed by atoms with Crippen molar-refractivity contribution in [1.29, 1.82) is 0 Å². The van der Waals surface area contributed by atoms with Crippen LogP contribution in [-0.4, -0.2) is 15.2 Å². The van der Waals surface area contributed by atoms with Gasteiger partial charge in [-0.3, -0.25) is 0 Å². The van der Waals surface area contributed by atoms with E-state index in [9.17, 15) is 5.11 Å². The van der Waals surface area contributed by atoms with Crippen molar-refractivity contribution in [3.05, 3.63) is 71.9 Å². The molecule has 3 aromatic rings. The van der Waals surface area contributed by atoms with Crippen LogP contribution in [0.1, 0.15) is 17.3 Å². The lowest BCUT2D eigenvalue weighted by Gasteiger charge is -1.98. The van der Waals surface area contributed by atoms with Crippen LogP contribution in [0.15, 0.2) is 64.0 Å². The molecule has 0 saturated carbocycles. The predicted octanol–water partition coefficient (Wildman–Crippen LogP) is 3.66. The number of nitrogens with zero attached hydrogens (tertiary/aromatic N) is 2. The minimum absolute atomic E-state index is 0.266. The summed E-state index contributed by atoms with van der Waals surface area (Å²) in [6.07, 6.45) is 0.675. The van der Waals surface area contributed by atoms with E-state index in [-0.39, 0.29) is 5.75 Å². The first-order valence-electron chi connectivity index (χ1n) is 6.57. The van der Waals surface area contributed by atoms with E-state index >= 15 is 0 Å². The standard InChI is InChI=1S/C16H14N2O2S/c19-13-6-8-14(9-7-13)21-11-16-17-15(18-20-16)10-12-4-2-1-3-5-12/h1-9,19H,10-11H2. The van der Waals surface area contributed by atoms with E-state index in [1.165, 1.54) is 0 Å². The zero-order valence-corrected chi connectivity index (χ0v) is 12.1. The maximum atomic E-state index is 9.24. The summed E-state index contributed by atoms with van der Waals surface area (Å²) in [5, 5.41) is 13.2. The molecule has 0 amide bonds. The van der Waals surface area contributed by atoms with Gasteiger partial charge in [0.2, 0.25) is 5.89 Å². The molecule has 0 aliphatic heterocycles. The van der Waals surface area contributed by atoms with Crippen molar-refractivity contribution in [3.8, 4) is 5.75 Å². The summed E-state index contributed by atoms with van der Waals surface area (Å²) in [6, 6.07) is 17.1. The number of phenolic OH excluding ortho intramolecular Hbond substituents is 1. The average Bonchev–Trinajstić information content (AvgIpc) is 2.95. The lowest BCUT2D eigenvalue weighted by atomic mass is 10.1. The second kappa shape index (κ2) is 6.45. The van der Waals surface area contributed by atoms with Gasteiger partial charge in [0.25, 0.3) is 0 Å². The van der Waals surface area contributed by atoms with E-state index in [2.05, 4.69) is 10.1 Å². The monoisotopic (exact) mass is 298 g/mol. The lowest BCUT2D eigenvalue weighted by molar-refractivity contribution is 0.386. The molecule has 0 aliphatic carbocycles. The fourth-order valence-electron chi connectivity index (χ4n) is 1.89. The molecule has 0 radical (unpaired) electrons. The number of aromatic nitrogens is 2. The molecule has 1 heterocycles. The van der Waals surface area contributed by atoms with Gasteiger partial charge < -0.3 is 9.63 Å². The first kappa shape index (κ1) is 13.7. The third kappa shape index (κ3) is 3.86. The van der Waals surface area contributed by atoms with Gasteiger partial charge in [0.05, 0.1) is 5.75 Å². The van der Waals surface area contributed by atoms with Gasteiger partial charge in [0.1, 0.15) is 5.75 Å². The zero-order valence-electron chi connectivity index (χ0n) is 11.3. The molecule has 0 spiro atoms. The highest BCUT2D eigenvalue weighted by Gasteiger charge is 2.07. The molecule has 3 rings (SSSR count). The Balaban J connectivity index is 1.59. The number of thioether (sulfide) groups is 1. The van der Waals surface area contributed by atoms with Gasteiger partial charge in [-0.15, -0.1) is 11.8 Å². The summed E-state index contributed by atoms with van der Waals surface area (Å²) in [5.41, 5.74) is 1.16. The quantitative estimate of drug-likeness (QED) is 0.728. The average molecular weight is 298 g/mol. The number of hydrogen-bond acceptors (Lipinski definition) is 5. The first-order valence-corrected chi connectivity index (χ1v) is 7.55. The van der Waals surface area contributed by atoms with Crippen LogP contribution < -0.4 is 0 Å². The molecule has 0 fully saturated rings. The van der Waals surface area contributed by atoms with Gasteiger partial charge in [-0.25, -0.2) is 0 Å². The molecule has 0 aliphatic rings. The predicted molar refractivity (Wildman–Crippen MR) is 81.2 cm³/mol. The summed E-state index contributed by atoms with van der Waals surface area (Å²) in [6.45, 7) is 0. The van der Waals surface area contributed by atoms with Crippen molar-refractivity contribution < 1.29 is 9.63 Å². The van der Waals surface area contributed by atoms with Crippen molar-refractivity contribution in [3.63, 3.8) is 0 Å². The molecular weight excluding hydrogens is 284 g/mol. The highest BCUT2D eigenvalue weighted by atomic mass is 32.2. The molecule has 106 valence electrons. The Morgan fingerprint density at radius 2 is 1.76 bits per heavy atom. The Labute approximate surface area is 126 Å². The van der Waals surface area contributed by atoms with Gasteiger partial charge >= 0.3 is 0 Å². The molecule has 4 nitrogen and oxygen atoms in total. The summed E-state index contributed by atoms with van der Waals surface area (Å²) in [5.74, 6) is 2.19. The van der Waals surface area contributed by atoms with Gasteiger partial charge in [-0.05, 0) is 29.8 Å². The van der Waals surface area contributed by atoms with Crippen molar-refractivity contribution >= 4 is 11.8 Å². The van der Waals surface area contributed by atoms with Crippen molar-refractivity contribution in [2.24, 2.45) is 0 Å². The normalized spacial score (nSPS) is 10.7. The van der Waals surface area contributed by atoms with Crippen LogP contribution in [0.4, 0.5) is 0 Å². The maximum absolute atomic E-state index is 9.24. The minimum atomic E-state index is 0.266. The Kier molecular flexibility index (Phi) is 4.21. The molecule has 0 atom stereocenters. The smallest absolute Gasteiger partial charge is 0.237 e. The van der Waals surface area contributed by atoms with Gasteiger partial charge in [-0.2, -0.15) is 4.98 Å². The lowest BCUT2D eigenvalue weighted by Crippen LogP contribution is -1.90. The summed E-state index contributed by atoms with van der Waals surface area (Å²) in [7, 11) is 0. The van der Waals surface area contributed by atoms with Crippen molar-refractivity contribution in [2.75, 3.05) is 0 Å². The second-order valence-corrected chi connectivity index (χ2v) is 5.60.